The van der Waals surface area contributed by atoms with Gasteiger partial charge in [0.2, 0.25) is 0 Å². The Morgan fingerprint density at radius 2 is 1.58 bits per heavy atom. The van der Waals surface area contributed by atoms with Crippen molar-refractivity contribution >= 4 is 34.1 Å². The lowest BCUT2D eigenvalue weighted by Gasteiger charge is -2.23. The monoisotopic (exact) mass is 371 g/mol. The predicted octanol–water partition coefficient (Wildman–Crippen LogP) is 6.51. The molecule has 3 nitrogen and oxygen atoms in total. The number of unbranched alkanes of at least 4 members (excludes halogenated alkanes) is 9. The first-order valence-electron chi connectivity index (χ1n) is 9.28. The summed E-state index contributed by atoms with van der Waals surface area (Å²) in [6.07, 6.45) is 14.2. The number of rotatable bonds is 15. The van der Waals surface area contributed by atoms with Crippen molar-refractivity contribution in [2.24, 2.45) is 0 Å². The third kappa shape index (κ3) is 11.9. The Morgan fingerprint density at radius 1 is 1.08 bits per heavy atom. The Morgan fingerprint density at radius 3 is 2.04 bits per heavy atom. The van der Waals surface area contributed by atoms with E-state index in [1.807, 2.05) is 6.07 Å². The highest BCUT2D eigenvalue weighted by molar-refractivity contribution is 8.24. The zero-order valence-corrected chi connectivity index (χ0v) is 16.9. The van der Waals surface area contributed by atoms with E-state index in [1.54, 1.807) is 6.92 Å². The number of carboxylic acid groups (broad SMARTS) is 1. The third-order valence-electron chi connectivity index (χ3n) is 4.24. The van der Waals surface area contributed by atoms with Crippen LogP contribution in [0.2, 0.25) is 0 Å². The highest BCUT2D eigenvalue weighted by Crippen LogP contribution is 2.33. The van der Waals surface area contributed by atoms with E-state index in [2.05, 4.69) is 6.92 Å². The first kappa shape index (κ1) is 23.4. The molecular weight excluding hydrogens is 338 g/mol. The molecule has 0 radical (unpaired) electrons. The van der Waals surface area contributed by atoms with Crippen molar-refractivity contribution in [2.45, 2.75) is 102 Å². The van der Waals surface area contributed by atoms with Crippen LogP contribution in [0.1, 0.15) is 97.3 Å². The highest BCUT2D eigenvalue weighted by Gasteiger charge is 2.34. The number of nitriles is 1. The van der Waals surface area contributed by atoms with Crippen LogP contribution in [0, 0.1) is 11.3 Å². The van der Waals surface area contributed by atoms with Gasteiger partial charge in [-0.15, -0.1) is 11.8 Å². The topological polar surface area (TPSA) is 61.1 Å². The van der Waals surface area contributed by atoms with E-state index in [-0.39, 0.29) is 6.42 Å². The van der Waals surface area contributed by atoms with Gasteiger partial charge < -0.3 is 5.11 Å². The number of hydrogen-bond acceptors (Lipinski definition) is 4. The summed E-state index contributed by atoms with van der Waals surface area (Å²) in [5.41, 5.74) is 0. The summed E-state index contributed by atoms with van der Waals surface area (Å²) >= 11 is 6.60. The number of thiocarbonyl (C=S) groups is 1. The first-order valence-corrected chi connectivity index (χ1v) is 10.5. The van der Waals surface area contributed by atoms with Gasteiger partial charge in [-0.2, -0.15) is 5.26 Å². The normalized spacial score (nSPS) is 13.2. The van der Waals surface area contributed by atoms with E-state index in [4.69, 9.17) is 17.5 Å². The Bertz CT molecular complexity index is 407. The molecule has 1 unspecified atom stereocenters. The fourth-order valence-electron chi connectivity index (χ4n) is 2.56. The maximum atomic E-state index is 11.4. The Labute approximate surface area is 157 Å². The van der Waals surface area contributed by atoms with Gasteiger partial charge >= 0.3 is 5.97 Å². The second-order valence-electron chi connectivity index (χ2n) is 6.60. The summed E-state index contributed by atoms with van der Waals surface area (Å²) in [4.78, 5) is 11.4. The minimum atomic E-state index is -0.967. The van der Waals surface area contributed by atoms with Crippen LogP contribution in [0.15, 0.2) is 0 Å². The lowest BCUT2D eigenvalue weighted by molar-refractivity contribution is -0.139. The zero-order valence-electron chi connectivity index (χ0n) is 15.3. The molecule has 0 aromatic rings. The molecule has 0 heterocycles. The smallest absolute Gasteiger partial charge is 0.319 e. The summed E-state index contributed by atoms with van der Waals surface area (Å²) in [7, 11) is 0. The summed E-state index contributed by atoms with van der Waals surface area (Å²) in [5, 5.41) is 18.0. The molecule has 1 atom stereocenters. The molecule has 0 fully saturated rings. The molecule has 0 amide bonds. The molecule has 0 aliphatic carbocycles. The molecule has 0 saturated carbocycles. The van der Waals surface area contributed by atoms with Crippen molar-refractivity contribution in [1.82, 2.24) is 0 Å². The Balaban J connectivity index is 3.74. The molecule has 0 bridgehead atoms. The van der Waals surface area contributed by atoms with Gasteiger partial charge in [-0.1, -0.05) is 76.9 Å². The molecule has 0 aliphatic heterocycles. The molecule has 1 N–H and O–H groups in total. The van der Waals surface area contributed by atoms with Crippen LogP contribution in [0.4, 0.5) is 0 Å². The number of carbonyl (C=O) groups is 1. The van der Waals surface area contributed by atoms with Gasteiger partial charge in [0.1, 0.15) is 4.75 Å². The van der Waals surface area contributed by atoms with Crippen LogP contribution in [-0.4, -0.2) is 20.0 Å². The van der Waals surface area contributed by atoms with Crippen LogP contribution < -0.4 is 0 Å². The predicted molar refractivity (Wildman–Crippen MR) is 108 cm³/mol. The molecular formula is C19H33NO2S2. The maximum absolute atomic E-state index is 11.4. The zero-order chi connectivity index (χ0) is 18.3. The SMILES string of the molecule is CCCCCCCCCCCCC(=S)SC(C)(CCC#N)C(=O)O. The van der Waals surface area contributed by atoms with Crippen molar-refractivity contribution in [1.29, 1.82) is 5.26 Å². The van der Waals surface area contributed by atoms with Crippen LogP contribution >= 0.6 is 24.0 Å². The summed E-state index contributed by atoms with van der Waals surface area (Å²) in [6.45, 7) is 3.91. The summed E-state index contributed by atoms with van der Waals surface area (Å²) < 4.78 is -0.205. The number of carboxylic acids is 1. The van der Waals surface area contributed by atoms with Gasteiger partial charge in [-0.3, -0.25) is 4.79 Å². The standard InChI is InChI=1S/C19H33NO2S2/c1-3-4-5-6-7-8-9-10-11-12-14-17(23)24-19(2,18(21)22)15-13-16-20/h3-15H2,1-2H3,(H,21,22). The van der Waals surface area contributed by atoms with Crippen LogP contribution in [-0.2, 0) is 4.79 Å². The van der Waals surface area contributed by atoms with E-state index in [0.717, 1.165) is 23.5 Å². The van der Waals surface area contributed by atoms with Crippen molar-refractivity contribution in [3.8, 4) is 6.07 Å². The maximum Gasteiger partial charge on any atom is 0.319 e. The molecule has 24 heavy (non-hydrogen) atoms. The molecule has 0 rings (SSSR count). The molecule has 0 aromatic carbocycles. The molecule has 138 valence electrons. The number of thioether (sulfide) groups is 1. The van der Waals surface area contributed by atoms with Crippen LogP contribution in [0.5, 0.6) is 0 Å². The van der Waals surface area contributed by atoms with Gasteiger partial charge in [0.25, 0.3) is 0 Å². The number of hydrogen-bond donors (Lipinski definition) is 1. The van der Waals surface area contributed by atoms with Gasteiger partial charge in [-0.25, -0.2) is 0 Å². The van der Waals surface area contributed by atoms with Crippen LogP contribution in [0.25, 0.3) is 0 Å². The summed E-state index contributed by atoms with van der Waals surface area (Å²) in [6, 6.07) is 2.02. The van der Waals surface area contributed by atoms with Crippen LogP contribution in [0.3, 0.4) is 0 Å². The van der Waals surface area contributed by atoms with E-state index < -0.39 is 10.7 Å². The van der Waals surface area contributed by atoms with Gasteiger partial charge in [0, 0.05) is 10.6 Å². The second kappa shape index (κ2) is 14.7. The molecule has 0 saturated heterocycles. The minimum Gasteiger partial charge on any atom is -0.480 e. The highest BCUT2D eigenvalue weighted by atomic mass is 32.2. The van der Waals surface area contributed by atoms with E-state index in [0.29, 0.717) is 6.42 Å². The van der Waals surface area contributed by atoms with Crippen molar-refractivity contribution in [3.63, 3.8) is 0 Å². The third-order valence-corrected chi connectivity index (χ3v) is 5.96. The van der Waals surface area contributed by atoms with Crippen molar-refractivity contribution in [3.05, 3.63) is 0 Å². The molecule has 0 aromatic heterocycles. The lowest BCUT2D eigenvalue weighted by Crippen LogP contribution is -2.32. The summed E-state index contributed by atoms with van der Waals surface area (Å²) in [5.74, 6) is -0.881. The Kier molecular flexibility index (Phi) is 14.4. The molecule has 0 spiro atoms. The van der Waals surface area contributed by atoms with Gasteiger partial charge in [-0.05, 0) is 26.2 Å². The first-order chi connectivity index (χ1) is 11.5. The van der Waals surface area contributed by atoms with Gasteiger partial charge in [0.15, 0.2) is 0 Å². The fourth-order valence-corrected chi connectivity index (χ4v) is 4.29. The minimum absolute atomic E-state index is 0.247. The largest absolute Gasteiger partial charge is 0.480 e. The quantitative estimate of drug-likeness (QED) is 0.263. The number of nitrogens with zero attached hydrogens (tertiary/aromatic N) is 1. The van der Waals surface area contributed by atoms with Crippen molar-refractivity contribution in [2.75, 3.05) is 0 Å². The fraction of sp³-hybridized carbons (Fsp3) is 0.842. The van der Waals surface area contributed by atoms with E-state index in [9.17, 15) is 9.90 Å². The second-order valence-corrected chi connectivity index (χ2v) is 8.95. The van der Waals surface area contributed by atoms with E-state index in [1.165, 1.54) is 63.1 Å². The van der Waals surface area contributed by atoms with E-state index >= 15 is 0 Å². The lowest BCUT2D eigenvalue weighted by atomic mass is 10.1. The molecule has 0 aliphatic rings. The average Bonchev–Trinajstić information content (AvgIpc) is 2.54. The average molecular weight is 372 g/mol. The van der Waals surface area contributed by atoms with Gasteiger partial charge in [0.05, 0.1) is 6.07 Å². The Hall–Kier alpha value is -0.600. The molecule has 5 heteroatoms. The number of aliphatic carboxylic acids is 1. The van der Waals surface area contributed by atoms with Crippen molar-refractivity contribution < 1.29 is 9.90 Å².